The number of hydrogen-bond donors (Lipinski definition) is 4. The van der Waals surface area contributed by atoms with Crippen molar-refractivity contribution in [2.24, 2.45) is 5.92 Å². The van der Waals surface area contributed by atoms with Crippen molar-refractivity contribution in [3.8, 4) is 0 Å². The van der Waals surface area contributed by atoms with Crippen molar-refractivity contribution in [3.63, 3.8) is 0 Å². The highest BCUT2D eigenvalue weighted by Gasteiger charge is 2.25. The number of anilines is 2. The lowest BCUT2D eigenvalue weighted by Gasteiger charge is -2.20. The van der Waals surface area contributed by atoms with Crippen LogP contribution in [0.2, 0.25) is 0 Å². The Kier molecular flexibility index (Phi) is 3.50. The second-order valence-corrected chi connectivity index (χ2v) is 4.38. The van der Waals surface area contributed by atoms with Crippen LogP contribution < -0.4 is 11.1 Å². The molecule has 0 bridgehead atoms. The number of nitrogens with one attached hydrogen (secondary N) is 2. The lowest BCUT2D eigenvalue weighted by Crippen LogP contribution is -2.35. The summed E-state index contributed by atoms with van der Waals surface area (Å²) in [7, 11) is 0. The fourth-order valence-electron chi connectivity index (χ4n) is 1.78. The Balaban J connectivity index is 2.38. The third-order valence-electron chi connectivity index (χ3n) is 3.07. The molecule has 0 fully saturated rings. The quantitative estimate of drug-likeness (QED) is 0.629. The number of nitrogens with zero attached hydrogens (tertiary/aromatic N) is 3. The molecule has 2 aromatic rings. The molecule has 0 radical (unpaired) electrons. The lowest BCUT2D eigenvalue weighted by atomic mass is 9.99. The van der Waals surface area contributed by atoms with Gasteiger partial charge in [-0.2, -0.15) is 9.97 Å². The molecule has 0 saturated heterocycles. The Hall–Kier alpha value is -2.38. The van der Waals surface area contributed by atoms with E-state index in [1.807, 2.05) is 13.8 Å². The van der Waals surface area contributed by atoms with Gasteiger partial charge >= 0.3 is 5.97 Å². The van der Waals surface area contributed by atoms with Gasteiger partial charge in [0, 0.05) is 0 Å². The van der Waals surface area contributed by atoms with Gasteiger partial charge in [0.25, 0.3) is 0 Å². The minimum absolute atomic E-state index is 0.0494. The zero-order valence-corrected chi connectivity index (χ0v) is 10.7. The number of fused-ring (bicyclic) bond motifs is 1. The first kappa shape index (κ1) is 13.1. The number of rotatable bonds is 5. The summed E-state index contributed by atoms with van der Waals surface area (Å²) in [5.41, 5.74) is 6.53. The van der Waals surface area contributed by atoms with Crippen LogP contribution in [0.1, 0.15) is 20.3 Å². The van der Waals surface area contributed by atoms with Gasteiger partial charge in [0.05, 0.1) is 6.33 Å². The number of carboxylic acids is 1. The molecular formula is C11H16N6O2. The van der Waals surface area contributed by atoms with Gasteiger partial charge in [-0.3, -0.25) is 0 Å². The van der Waals surface area contributed by atoms with Gasteiger partial charge in [-0.05, 0) is 5.92 Å². The molecular weight excluding hydrogens is 248 g/mol. The zero-order chi connectivity index (χ0) is 14.0. The first-order valence-electron chi connectivity index (χ1n) is 5.98. The molecule has 2 atom stereocenters. The molecule has 0 aromatic carbocycles. The first-order valence-corrected chi connectivity index (χ1v) is 5.98. The van der Waals surface area contributed by atoms with Crippen molar-refractivity contribution in [2.45, 2.75) is 26.3 Å². The largest absolute Gasteiger partial charge is 0.480 e. The molecule has 0 unspecified atom stereocenters. The summed E-state index contributed by atoms with van der Waals surface area (Å²) in [6, 6.07) is -0.745. The number of aromatic nitrogens is 4. The molecule has 5 N–H and O–H groups in total. The Morgan fingerprint density at radius 3 is 2.95 bits per heavy atom. The summed E-state index contributed by atoms with van der Waals surface area (Å²) in [5, 5.41) is 12.2. The second kappa shape index (κ2) is 5.09. The molecule has 8 heteroatoms. The predicted octanol–water partition coefficient (Wildman–Crippen LogP) is 0.846. The molecule has 0 amide bonds. The van der Waals surface area contributed by atoms with E-state index in [-0.39, 0.29) is 11.9 Å². The van der Waals surface area contributed by atoms with E-state index >= 15 is 0 Å². The van der Waals surface area contributed by atoms with Crippen LogP contribution >= 0.6 is 0 Å². The van der Waals surface area contributed by atoms with E-state index in [1.165, 1.54) is 6.33 Å². The van der Waals surface area contributed by atoms with E-state index in [0.717, 1.165) is 6.42 Å². The summed E-state index contributed by atoms with van der Waals surface area (Å²) in [4.78, 5) is 26.1. The van der Waals surface area contributed by atoms with Crippen molar-refractivity contribution >= 4 is 28.9 Å². The van der Waals surface area contributed by atoms with Crippen LogP contribution in [0.3, 0.4) is 0 Å². The molecule has 102 valence electrons. The Labute approximate surface area is 109 Å². The summed E-state index contributed by atoms with van der Waals surface area (Å²) in [5.74, 6) is -0.575. The fourth-order valence-corrected chi connectivity index (χ4v) is 1.78. The fraction of sp³-hybridized carbons (Fsp3) is 0.455. The summed E-state index contributed by atoms with van der Waals surface area (Å²) >= 11 is 0. The Morgan fingerprint density at radius 2 is 2.32 bits per heavy atom. The van der Waals surface area contributed by atoms with Gasteiger partial charge < -0.3 is 21.1 Å². The number of imidazole rings is 1. The van der Waals surface area contributed by atoms with Gasteiger partial charge in [0.2, 0.25) is 5.95 Å². The van der Waals surface area contributed by atoms with Crippen molar-refractivity contribution in [3.05, 3.63) is 6.33 Å². The molecule has 0 aliphatic carbocycles. The third kappa shape index (κ3) is 2.56. The highest BCUT2D eigenvalue weighted by Crippen LogP contribution is 2.20. The molecule has 0 saturated carbocycles. The minimum Gasteiger partial charge on any atom is -0.480 e. The molecule has 8 nitrogen and oxygen atoms in total. The van der Waals surface area contributed by atoms with E-state index in [4.69, 9.17) is 5.73 Å². The van der Waals surface area contributed by atoms with E-state index in [2.05, 4.69) is 25.3 Å². The smallest absolute Gasteiger partial charge is 0.326 e. The van der Waals surface area contributed by atoms with Gasteiger partial charge in [0.15, 0.2) is 11.5 Å². The van der Waals surface area contributed by atoms with E-state index in [1.54, 1.807) is 0 Å². The molecule has 0 aliphatic heterocycles. The van der Waals surface area contributed by atoms with Crippen LogP contribution in [0.25, 0.3) is 11.2 Å². The first-order chi connectivity index (χ1) is 9.02. The van der Waals surface area contributed by atoms with Crippen molar-refractivity contribution in [1.29, 1.82) is 0 Å². The maximum Gasteiger partial charge on any atom is 0.326 e. The van der Waals surface area contributed by atoms with Crippen LogP contribution in [0.4, 0.5) is 11.8 Å². The number of H-pyrrole nitrogens is 1. The van der Waals surface area contributed by atoms with E-state index in [9.17, 15) is 9.90 Å². The topological polar surface area (TPSA) is 130 Å². The molecule has 0 spiro atoms. The number of aromatic amines is 1. The normalized spacial score (nSPS) is 14.2. The number of carbonyl (C=O) groups is 1. The summed E-state index contributed by atoms with van der Waals surface area (Å²) in [6.45, 7) is 3.79. The molecule has 2 rings (SSSR count). The Bertz CT molecular complexity index is 596. The van der Waals surface area contributed by atoms with Crippen LogP contribution in [-0.4, -0.2) is 37.1 Å². The third-order valence-corrected chi connectivity index (χ3v) is 3.07. The highest BCUT2D eigenvalue weighted by atomic mass is 16.4. The van der Waals surface area contributed by atoms with Gasteiger partial charge in [-0.1, -0.05) is 20.3 Å². The van der Waals surface area contributed by atoms with Crippen molar-refractivity contribution < 1.29 is 9.90 Å². The van der Waals surface area contributed by atoms with Crippen LogP contribution in [0.15, 0.2) is 6.33 Å². The summed E-state index contributed by atoms with van der Waals surface area (Å²) in [6.07, 6.45) is 2.19. The van der Waals surface area contributed by atoms with Gasteiger partial charge in [0.1, 0.15) is 11.6 Å². The maximum atomic E-state index is 11.3. The average molecular weight is 264 g/mol. The van der Waals surface area contributed by atoms with Gasteiger partial charge in [-0.15, -0.1) is 0 Å². The highest BCUT2D eigenvalue weighted by molar-refractivity contribution is 5.86. The molecule has 2 heterocycles. The number of hydrogen-bond acceptors (Lipinski definition) is 6. The lowest BCUT2D eigenvalue weighted by molar-refractivity contribution is -0.139. The minimum atomic E-state index is -0.931. The predicted molar refractivity (Wildman–Crippen MR) is 70.6 cm³/mol. The van der Waals surface area contributed by atoms with Crippen LogP contribution in [-0.2, 0) is 4.79 Å². The summed E-state index contributed by atoms with van der Waals surface area (Å²) < 4.78 is 0. The Morgan fingerprint density at radius 1 is 1.58 bits per heavy atom. The number of nitrogens with two attached hydrogens (primary N) is 1. The zero-order valence-electron chi connectivity index (χ0n) is 10.7. The van der Waals surface area contributed by atoms with Crippen LogP contribution in [0, 0.1) is 5.92 Å². The molecule has 0 aliphatic rings. The number of nitrogen functional groups attached to an aromatic ring is 1. The van der Waals surface area contributed by atoms with Crippen molar-refractivity contribution in [1.82, 2.24) is 19.9 Å². The van der Waals surface area contributed by atoms with Crippen molar-refractivity contribution in [2.75, 3.05) is 11.1 Å². The maximum absolute atomic E-state index is 11.3. The molecule has 19 heavy (non-hydrogen) atoms. The average Bonchev–Trinajstić information content (AvgIpc) is 2.82. The second-order valence-electron chi connectivity index (χ2n) is 4.38. The molecule has 2 aromatic heterocycles. The van der Waals surface area contributed by atoms with Crippen LogP contribution in [0.5, 0.6) is 0 Å². The van der Waals surface area contributed by atoms with E-state index in [0.29, 0.717) is 17.0 Å². The number of aliphatic carboxylic acids is 1. The standard InChI is InChI=1S/C11H16N6O2/c1-3-5(2)6(10(18)19)15-9-7-8(14-4-13-7)16-11(12)17-9/h4-6H,3H2,1-2H3,(H,18,19)(H4,12,13,14,15,16,17)/t5-,6-/m0/s1. The monoisotopic (exact) mass is 264 g/mol. The SMILES string of the molecule is CC[C@H](C)[C@H](Nc1nc(N)nc2nc[nH]c12)C(=O)O. The number of carboxylic acid groups (broad SMARTS) is 1. The van der Waals surface area contributed by atoms with Gasteiger partial charge in [-0.25, -0.2) is 9.78 Å². The van der Waals surface area contributed by atoms with E-state index < -0.39 is 12.0 Å².